The fourth-order valence-electron chi connectivity index (χ4n) is 1.15. The molecule has 0 atom stereocenters. The van der Waals surface area contributed by atoms with E-state index in [0.717, 1.165) is 11.4 Å². The van der Waals surface area contributed by atoms with Crippen molar-refractivity contribution in [2.75, 3.05) is 6.54 Å². The molecular formula is C10H18N4O. The lowest BCUT2D eigenvalue weighted by molar-refractivity contribution is -0.125. The Morgan fingerprint density at radius 3 is 2.80 bits per heavy atom. The highest BCUT2D eigenvalue weighted by Gasteiger charge is 2.24. The third-order valence-electron chi connectivity index (χ3n) is 2.46. The average molecular weight is 210 g/mol. The van der Waals surface area contributed by atoms with Crippen molar-refractivity contribution >= 4 is 5.91 Å². The molecule has 0 aliphatic carbocycles. The van der Waals surface area contributed by atoms with E-state index in [0.29, 0.717) is 13.1 Å². The summed E-state index contributed by atoms with van der Waals surface area (Å²) in [5.74, 6) is -0.297. The Labute approximate surface area is 89.5 Å². The zero-order valence-electron chi connectivity index (χ0n) is 9.42. The Morgan fingerprint density at radius 2 is 2.33 bits per heavy atom. The van der Waals surface area contributed by atoms with E-state index in [-0.39, 0.29) is 5.91 Å². The first-order valence-corrected chi connectivity index (χ1v) is 4.93. The van der Waals surface area contributed by atoms with E-state index in [2.05, 4.69) is 15.3 Å². The lowest BCUT2D eigenvalue weighted by atomic mass is 9.93. The summed E-state index contributed by atoms with van der Waals surface area (Å²) >= 11 is 0. The minimum atomic E-state index is -0.524. The van der Waals surface area contributed by atoms with Gasteiger partial charge in [0.15, 0.2) is 0 Å². The number of nitrogens with two attached hydrogens (primary N) is 1. The quantitative estimate of drug-likeness (QED) is 0.654. The van der Waals surface area contributed by atoms with Crippen LogP contribution in [0.2, 0.25) is 0 Å². The second-order valence-corrected chi connectivity index (χ2v) is 4.33. The third-order valence-corrected chi connectivity index (χ3v) is 2.46. The van der Waals surface area contributed by atoms with Crippen LogP contribution in [0.15, 0.2) is 6.33 Å². The number of hydrogen-bond acceptors (Lipinski definition) is 3. The minimum Gasteiger partial charge on any atom is -0.369 e. The molecule has 5 heteroatoms. The first kappa shape index (κ1) is 11.7. The van der Waals surface area contributed by atoms with Crippen LogP contribution in [-0.2, 0) is 11.3 Å². The fraction of sp³-hybridized carbons (Fsp3) is 0.600. The van der Waals surface area contributed by atoms with Crippen molar-refractivity contribution in [2.24, 2.45) is 11.1 Å². The predicted molar refractivity (Wildman–Crippen MR) is 58.0 cm³/mol. The van der Waals surface area contributed by atoms with Gasteiger partial charge in [-0.1, -0.05) is 0 Å². The van der Waals surface area contributed by atoms with Crippen molar-refractivity contribution in [3.63, 3.8) is 0 Å². The number of carbonyl (C=O) groups excluding carboxylic acids is 1. The summed E-state index contributed by atoms with van der Waals surface area (Å²) in [6.45, 7) is 6.80. The summed E-state index contributed by atoms with van der Waals surface area (Å²) in [5, 5.41) is 3.17. The van der Waals surface area contributed by atoms with E-state index in [1.807, 2.05) is 20.8 Å². The van der Waals surface area contributed by atoms with Gasteiger partial charge in [-0.05, 0) is 20.8 Å². The maximum absolute atomic E-state index is 11.0. The lowest BCUT2D eigenvalue weighted by Crippen LogP contribution is -2.40. The molecule has 0 bridgehead atoms. The molecule has 1 aromatic heterocycles. The Balaban J connectivity index is 2.40. The van der Waals surface area contributed by atoms with Crippen molar-refractivity contribution < 1.29 is 4.79 Å². The monoisotopic (exact) mass is 210 g/mol. The van der Waals surface area contributed by atoms with Crippen LogP contribution >= 0.6 is 0 Å². The van der Waals surface area contributed by atoms with Crippen LogP contribution in [0.1, 0.15) is 25.2 Å². The van der Waals surface area contributed by atoms with Gasteiger partial charge in [-0.15, -0.1) is 0 Å². The maximum Gasteiger partial charge on any atom is 0.224 e. The normalized spacial score (nSPS) is 11.7. The smallest absolute Gasteiger partial charge is 0.224 e. The maximum atomic E-state index is 11.0. The third kappa shape index (κ3) is 3.06. The number of carbonyl (C=O) groups is 1. The molecule has 0 aliphatic rings. The second-order valence-electron chi connectivity index (χ2n) is 4.33. The van der Waals surface area contributed by atoms with Gasteiger partial charge in [0, 0.05) is 18.8 Å². The fourth-order valence-corrected chi connectivity index (χ4v) is 1.15. The molecular weight excluding hydrogens is 192 g/mol. The summed E-state index contributed by atoms with van der Waals surface area (Å²) in [5.41, 5.74) is 6.74. The van der Waals surface area contributed by atoms with Crippen LogP contribution in [0.4, 0.5) is 0 Å². The van der Waals surface area contributed by atoms with Gasteiger partial charge >= 0.3 is 0 Å². The number of rotatable bonds is 5. The Hall–Kier alpha value is -1.36. The van der Waals surface area contributed by atoms with Gasteiger partial charge in [0.25, 0.3) is 0 Å². The summed E-state index contributed by atoms with van der Waals surface area (Å²) in [4.78, 5) is 18.2. The number of H-pyrrole nitrogens is 1. The largest absolute Gasteiger partial charge is 0.369 e. The van der Waals surface area contributed by atoms with E-state index >= 15 is 0 Å². The highest BCUT2D eigenvalue weighted by Crippen LogP contribution is 2.12. The molecule has 0 spiro atoms. The SMILES string of the molecule is Cc1[nH]cnc1CNCC(C)(C)C(N)=O. The molecule has 1 amide bonds. The number of imidazole rings is 1. The molecule has 0 aromatic carbocycles. The van der Waals surface area contributed by atoms with Crippen molar-refractivity contribution in [1.29, 1.82) is 0 Å². The molecule has 5 nitrogen and oxygen atoms in total. The number of hydrogen-bond donors (Lipinski definition) is 3. The number of primary amides is 1. The molecule has 0 fully saturated rings. The van der Waals surface area contributed by atoms with E-state index < -0.39 is 5.41 Å². The molecule has 1 heterocycles. The van der Waals surface area contributed by atoms with Gasteiger partial charge in [0.2, 0.25) is 5.91 Å². The Morgan fingerprint density at radius 1 is 1.67 bits per heavy atom. The molecule has 0 aliphatic heterocycles. The van der Waals surface area contributed by atoms with E-state index in [1.54, 1.807) is 6.33 Å². The number of aromatic nitrogens is 2. The van der Waals surface area contributed by atoms with Gasteiger partial charge in [-0.2, -0.15) is 0 Å². The van der Waals surface area contributed by atoms with Gasteiger partial charge in [0.1, 0.15) is 0 Å². The second kappa shape index (κ2) is 4.44. The summed E-state index contributed by atoms with van der Waals surface area (Å²) in [6, 6.07) is 0. The summed E-state index contributed by atoms with van der Waals surface area (Å²) < 4.78 is 0. The molecule has 84 valence electrons. The summed E-state index contributed by atoms with van der Waals surface area (Å²) in [6.07, 6.45) is 1.66. The van der Waals surface area contributed by atoms with Crippen LogP contribution in [-0.4, -0.2) is 22.4 Å². The first-order chi connectivity index (χ1) is 6.93. The molecule has 4 N–H and O–H groups in total. The van der Waals surface area contributed by atoms with Crippen molar-refractivity contribution in [3.05, 3.63) is 17.7 Å². The Bertz CT molecular complexity index is 343. The van der Waals surface area contributed by atoms with Crippen LogP contribution in [0.3, 0.4) is 0 Å². The van der Waals surface area contributed by atoms with E-state index in [4.69, 9.17) is 5.73 Å². The minimum absolute atomic E-state index is 0.297. The molecule has 0 radical (unpaired) electrons. The van der Waals surface area contributed by atoms with Crippen LogP contribution < -0.4 is 11.1 Å². The van der Waals surface area contributed by atoms with Crippen molar-refractivity contribution in [2.45, 2.75) is 27.3 Å². The van der Waals surface area contributed by atoms with Gasteiger partial charge in [-0.25, -0.2) is 4.98 Å². The average Bonchev–Trinajstić information content (AvgIpc) is 2.51. The number of amides is 1. The zero-order chi connectivity index (χ0) is 11.5. The zero-order valence-corrected chi connectivity index (χ0v) is 9.42. The number of nitrogens with zero attached hydrogens (tertiary/aromatic N) is 1. The van der Waals surface area contributed by atoms with Crippen molar-refractivity contribution in [1.82, 2.24) is 15.3 Å². The summed E-state index contributed by atoms with van der Waals surface area (Å²) in [7, 11) is 0. The standard InChI is InChI=1S/C10H18N4O/c1-7-8(14-6-13-7)4-12-5-10(2,3)9(11)15/h6,12H,4-5H2,1-3H3,(H2,11,15)(H,13,14). The number of nitrogens with one attached hydrogen (secondary N) is 2. The van der Waals surface area contributed by atoms with E-state index in [1.165, 1.54) is 0 Å². The molecule has 0 saturated heterocycles. The van der Waals surface area contributed by atoms with Gasteiger partial charge in [-0.3, -0.25) is 4.79 Å². The highest BCUT2D eigenvalue weighted by molar-refractivity contribution is 5.80. The number of aryl methyl sites for hydroxylation is 1. The predicted octanol–water partition coefficient (Wildman–Crippen LogP) is 0.319. The molecule has 15 heavy (non-hydrogen) atoms. The molecule has 1 rings (SSSR count). The molecule has 0 saturated carbocycles. The molecule has 0 unspecified atom stereocenters. The highest BCUT2D eigenvalue weighted by atomic mass is 16.1. The number of aromatic amines is 1. The topological polar surface area (TPSA) is 83.8 Å². The van der Waals surface area contributed by atoms with Crippen LogP contribution in [0.25, 0.3) is 0 Å². The van der Waals surface area contributed by atoms with Gasteiger partial charge in [0.05, 0.1) is 17.4 Å². The first-order valence-electron chi connectivity index (χ1n) is 4.93. The molecule has 1 aromatic rings. The van der Waals surface area contributed by atoms with Crippen molar-refractivity contribution in [3.8, 4) is 0 Å². The van der Waals surface area contributed by atoms with Crippen LogP contribution in [0, 0.1) is 12.3 Å². The Kier molecular flexibility index (Phi) is 3.47. The van der Waals surface area contributed by atoms with E-state index in [9.17, 15) is 4.79 Å². The van der Waals surface area contributed by atoms with Crippen LogP contribution in [0.5, 0.6) is 0 Å². The van der Waals surface area contributed by atoms with Gasteiger partial charge < -0.3 is 16.0 Å². The lowest BCUT2D eigenvalue weighted by Gasteiger charge is -2.20.